The molecule has 1 aromatic rings. The van der Waals surface area contributed by atoms with E-state index in [1.165, 1.54) is 7.05 Å². The number of carbonyl (C=O) groups is 2. The average Bonchev–Trinajstić information content (AvgIpc) is 2.67. The number of amides is 2. The van der Waals surface area contributed by atoms with Crippen LogP contribution in [0.3, 0.4) is 0 Å². The fourth-order valence-electron chi connectivity index (χ4n) is 2.06. The number of nitrogens with one attached hydrogen (secondary N) is 2. The number of nitrogens with zero attached hydrogens (tertiary/aromatic N) is 2. The van der Waals surface area contributed by atoms with E-state index in [9.17, 15) is 22.8 Å². The standard InChI is InChI=1S/C11H12ClF3N4O2/c1-19-7(6(12)8(18-19)11(13,14)15)10(21)17-5-3-2-4-16-9(5)20/h5H,2-4H2,1H3,(H,16,20)(H,17,21)/t5-/m1/s1. The maximum absolute atomic E-state index is 12.7. The number of rotatable bonds is 2. The molecule has 1 saturated heterocycles. The molecule has 0 unspecified atom stereocenters. The molecule has 0 saturated carbocycles. The summed E-state index contributed by atoms with van der Waals surface area (Å²) in [6.45, 7) is 0.510. The molecule has 2 rings (SSSR count). The molecular formula is C11H12ClF3N4O2. The molecule has 0 aliphatic carbocycles. The lowest BCUT2D eigenvalue weighted by atomic mass is 10.1. The second kappa shape index (κ2) is 5.55. The van der Waals surface area contributed by atoms with Crippen LogP contribution in [0.1, 0.15) is 29.0 Å². The van der Waals surface area contributed by atoms with Gasteiger partial charge in [-0.1, -0.05) is 11.6 Å². The fourth-order valence-corrected chi connectivity index (χ4v) is 2.42. The first-order valence-corrected chi connectivity index (χ1v) is 6.48. The van der Waals surface area contributed by atoms with Crippen molar-refractivity contribution in [3.63, 3.8) is 0 Å². The quantitative estimate of drug-likeness (QED) is 0.855. The van der Waals surface area contributed by atoms with Crippen LogP contribution in [0.4, 0.5) is 13.2 Å². The molecule has 10 heteroatoms. The van der Waals surface area contributed by atoms with Gasteiger partial charge in [-0.25, -0.2) is 0 Å². The van der Waals surface area contributed by atoms with Gasteiger partial charge in [0.25, 0.3) is 5.91 Å². The predicted octanol–water partition coefficient (Wildman–Crippen LogP) is 1.10. The molecule has 1 fully saturated rings. The highest BCUT2D eigenvalue weighted by Gasteiger charge is 2.40. The van der Waals surface area contributed by atoms with E-state index in [1.54, 1.807) is 0 Å². The van der Waals surface area contributed by atoms with Crippen molar-refractivity contribution in [2.24, 2.45) is 7.05 Å². The van der Waals surface area contributed by atoms with E-state index in [0.717, 1.165) is 4.68 Å². The molecule has 0 aromatic carbocycles. The van der Waals surface area contributed by atoms with Gasteiger partial charge in [0.2, 0.25) is 5.91 Å². The van der Waals surface area contributed by atoms with Crippen LogP contribution in [0, 0.1) is 0 Å². The summed E-state index contributed by atoms with van der Waals surface area (Å²) in [6.07, 6.45) is -3.67. The van der Waals surface area contributed by atoms with Crippen molar-refractivity contribution < 1.29 is 22.8 Å². The number of aryl methyl sites for hydroxylation is 1. The minimum absolute atomic E-state index is 0.371. The Morgan fingerprint density at radius 1 is 1.52 bits per heavy atom. The zero-order chi connectivity index (χ0) is 15.8. The van der Waals surface area contributed by atoms with E-state index in [2.05, 4.69) is 15.7 Å². The van der Waals surface area contributed by atoms with Crippen LogP contribution in [-0.2, 0) is 18.0 Å². The van der Waals surface area contributed by atoms with Gasteiger partial charge >= 0.3 is 6.18 Å². The molecule has 2 amide bonds. The van der Waals surface area contributed by atoms with Crippen LogP contribution in [0.25, 0.3) is 0 Å². The SMILES string of the molecule is Cn1nc(C(F)(F)F)c(Cl)c1C(=O)N[C@@H]1CCCNC1=O. The number of carbonyl (C=O) groups excluding carboxylic acids is 2. The van der Waals surface area contributed by atoms with Crippen molar-refractivity contribution in [3.05, 3.63) is 16.4 Å². The minimum atomic E-state index is -4.75. The molecule has 0 spiro atoms. The van der Waals surface area contributed by atoms with Crippen molar-refractivity contribution in [1.29, 1.82) is 0 Å². The van der Waals surface area contributed by atoms with E-state index in [0.29, 0.717) is 19.4 Å². The van der Waals surface area contributed by atoms with Gasteiger partial charge in [0.15, 0.2) is 5.69 Å². The van der Waals surface area contributed by atoms with Crippen LogP contribution in [0.5, 0.6) is 0 Å². The summed E-state index contributed by atoms with van der Waals surface area (Å²) < 4.78 is 38.8. The van der Waals surface area contributed by atoms with Crippen molar-refractivity contribution in [2.75, 3.05) is 6.54 Å². The third kappa shape index (κ3) is 3.12. The predicted molar refractivity (Wildman–Crippen MR) is 66.7 cm³/mol. The Labute approximate surface area is 122 Å². The molecule has 1 aliphatic rings. The topological polar surface area (TPSA) is 76.0 Å². The number of halogens is 4. The number of aromatic nitrogens is 2. The summed E-state index contributed by atoms with van der Waals surface area (Å²) in [6, 6.07) is -0.786. The van der Waals surface area contributed by atoms with Gasteiger partial charge in [-0.2, -0.15) is 18.3 Å². The Bertz CT molecular complexity index is 585. The van der Waals surface area contributed by atoms with Crippen LogP contribution in [-0.4, -0.2) is 34.2 Å². The molecule has 1 atom stereocenters. The molecule has 0 radical (unpaired) electrons. The van der Waals surface area contributed by atoms with Crippen molar-refractivity contribution in [2.45, 2.75) is 25.1 Å². The molecular weight excluding hydrogens is 313 g/mol. The van der Waals surface area contributed by atoms with Gasteiger partial charge in [0, 0.05) is 13.6 Å². The number of piperidine rings is 1. The summed E-state index contributed by atoms with van der Waals surface area (Å²) in [7, 11) is 1.18. The smallest absolute Gasteiger partial charge is 0.354 e. The lowest BCUT2D eigenvalue weighted by Gasteiger charge is -2.22. The Morgan fingerprint density at radius 2 is 2.19 bits per heavy atom. The number of alkyl halides is 3. The normalized spacial score (nSPS) is 19.3. The van der Waals surface area contributed by atoms with Crippen molar-refractivity contribution >= 4 is 23.4 Å². The maximum Gasteiger partial charge on any atom is 0.436 e. The van der Waals surface area contributed by atoms with Gasteiger partial charge in [0.1, 0.15) is 16.8 Å². The highest BCUT2D eigenvalue weighted by atomic mass is 35.5. The zero-order valence-electron chi connectivity index (χ0n) is 10.9. The maximum atomic E-state index is 12.7. The molecule has 2 N–H and O–H groups in total. The molecule has 21 heavy (non-hydrogen) atoms. The lowest BCUT2D eigenvalue weighted by molar-refractivity contribution is -0.141. The van der Waals surface area contributed by atoms with E-state index in [-0.39, 0.29) is 5.91 Å². The van der Waals surface area contributed by atoms with Crippen molar-refractivity contribution in [3.8, 4) is 0 Å². The van der Waals surface area contributed by atoms with Crippen LogP contribution < -0.4 is 10.6 Å². The summed E-state index contributed by atoms with van der Waals surface area (Å²) in [5, 5.41) is 7.36. The number of hydrogen-bond acceptors (Lipinski definition) is 3. The fraction of sp³-hybridized carbons (Fsp3) is 0.545. The van der Waals surface area contributed by atoms with Gasteiger partial charge in [-0.15, -0.1) is 0 Å². The third-order valence-electron chi connectivity index (χ3n) is 3.06. The first-order chi connectivity index (χ1) is 9.71. The highest BCUT2D eigenvalue weighted by Crippen LogP contribution is 2.35. The largest absolute Gasteiger partial charge is 0.436 e. The summed E-state index contributed by atoms with van der Waals surface area (Å²) >= 11 is 5.60. The molecule has 1 aliphatic heterocycles. The third-order valence-corrected chi connectivity index (χ3v) is 3.42. The molecule has 116 valence electrons. The summed E-state index contributed by atoms with van der Waals surface area (Å²) in [4.78, 5) is 23.6. The lowest BCUT2D eigenvalue weighted by Crippen LogP contribution is -2.50. The van der Waals surface area contributed by atoms with E-state index < -0.39 is 34.5 Å². The zero-order valence-corrected chi connectivity index (χ0v) is 11.7. The molecule has 2 heterocycles. The van der Waals surface area contributed by atoms with Gasteiger partial charge in [0.05, 0.1) is 0 Å². The monoisotopic (exact) mass is 324 g/mol. The van der Waals surface area contributed by atoms with Gasteiger partial charge < -0.3 is 10.6 Å². The molecule has 6 nitrogen and oxygen atoms in total. The second-order valence-electron chi connectivity index (χ2n) is 4.59. The molecule has 1 aromatic heterocycles. The summed E-state index contributed by atoms with van der Waals surface area (Å²) in [5.41, 5.74) is -1.76. The van der Waals surface area contributed by atoms with E-state index >= 15 is 0 Å². The van der Waals surface area contributed by atoms with E-state index in [4.69, 9.17) is 11.6 Å². The van der Waals surface area contributed by atoms with Gasteiger partial charge in [-0.05, 0) is 12.8 Å². The highest BCUT2D eigenvalue weighted by molar-refractivity contribution is 6.34. The summed E-state index contributed by atoms with van der Waals surface area (Å²) in [5.74, 6) is -1.24. The van der Waals surface area contributed by atoms with Crippen molar-refractivity contribution in [1.82, 2.24) is 20.4 Å². The Kier molecular flexibility index (Phi) is 4.13. The van der Waals surface area contributed by atoms with Crippen LogP contribution in [0.2, 0.25) is 5.02 Å². The van der Waals surface area contributed by atoms with Gasteiger partial charge in [-0.3, -0.25) is 14.3 Å². The Morgan fingerprint density at radius 3 is 2.71 bits per heavy atom. The minimum Gasteiger partial charge on any atom is -0.354 e. The Hall–Kier alpha value is -1.77. The first kappa shape index (κ1) is 15.6. The first-order valence-electron chi connectivity index (χ1n) is 6.10. The van der Waals surface area contributed by atoms with Crippen LogP contribution in [0.15, 0.2) is 0 Å². The molecule has 0 bridgehead atoms. The average molecular weight is 325 g/mol. The van der Waals surface area contributed by atoms with Crippen LogP contribution >= 0.6 is 11.6 Å². The number of hydrogen-bond donors (Lipinski definition) is 2. The Balaban J connectivity index is 2.23. The van der Waals surface area contributed by atoms with E-state index in [1.807, 2.05) is 0 Å². The second-order valence-corrected chi connectivity index (χ2v) is 4.97.